The van der Waals surface area contributed by atoms with Crippen molar-refractivity contribution in [2.75, 3.05) is 0 Å². The zero-order valence-electron chi connectivity index (χ0n) is 12.2. The van der Waals surface area contributed by atoms with Crippen LogP contribution in [0, 0.1) is 0 Å². The molecule has 4 nitrogen and oxygen atoms in total. The summed E-state index contributed by atoms with van der Waals surface area (Å²) in [6, 6.07) is 11.4. The molecule has 0 unspecified atom stereocenters. The maximum Gasteiger partial charge on any atom is 0.416 e. The molecule has 0 aliphatic rings. The molecule has 7 heteroatoms. The van der Waals surface area contributed by atoms with Gasteiger partial charge in [-0.25, -0.2) is 4.98 Å². The Morgan fingerprint density at radius 2 is 1.67 bits per heavy atom. The minimum atomic E-state index is -4.35. The van der Waals surface area contributed by atoms with Gasteiger partial charge in [0.15, 0.2) is 5.82 Å². The quantitative estimate of drug-likeness (QED) is 0.749. The van der Waals surface area contributed by atoms with Crippen LogP contribution in [0.15, 0.2) is 48.5 Å². The van der Waals surface area contributed by atoms with E-state index < -0.39 is 11.7 Å². The molecule has 2 N–H and O–H groups in total. The van der Waals surface area contributed by atoms with E-state index in [2.05, 4.69) is 15.2 Å². The number of H-pyrrole nitrogens is 1. The highest BCUT2D eigenvalue weighted by atomic mass is 19.4. The van der Waals surface area contributed by atoms with Gasteiger partial charge in [-0.3, -0.25) is 5.10 Å². The number of alkyl halides is 3. The number of phenolic OH excluding ortho intramolecular Hbond substituents is 1. The van der Waals surface area contributed by atoms with Gasteiger partial charge in [0.25, 0.3) is 0 Å². The number of aromatic nitrogens is 3. The third-order valence-electron chi connectivity index (χ3n) is 3.32. The molecule has 0 bridgehead atoms. The average molecular weight is 331 g/mol. The SMILES string of the molecule is Oc1ccccc1-c1n[nH]c(/C=C/c2ccc(C(F)(F)F)cc2)n1. The second-order valence-corrected chi connectivity index (χ2v) is 5.01. The van der Waals surface area contributed by atoms with Gasteiger partial charge in [0.05, 0.1) is 11.1 Å². The summed E-state index contributed by atoms with van der Waals surface area (Å²) in [5, 5.41) is 16.5. The van der Waals surface area contributed by atoms with E-state index in [0.29, 0.717) is 22.8 Å². The fraction of sp³-hybridized carbons (Fsp3) is 0.0588. The Labute approximate surface area is 135 Å². The molecule has 0 saturated heterocycles. The summed E-state index contributed by atoms with van der Waals surface area (Å²) in [7, 11) is 0. The summed E-state index contributed by atoms with van der Waals surface area (Å²) in [6.45, 7) is 0. The number of halogens is 3. The molecular weight excluding hydrogens is 319 g/mol. The molecule has 0 atom stereocenters. The van der Waals surface area contributed by atoms with Crippen molar-refractivity contribution in [2.24, 2.45) is 0 Å². The van der Waals surface area contributed by atoms with E-state index in [0.717, 1.165) is 12.1 Å². The van der Waals surface area contributed by atoms with E-state index in [9.17, 15) is 18.3 Å². The van der Waals surface area contributed by atoms with Gasteiger partial charge in [0.1, 0.15) is 11.6 Å². The van der Waals surface area contributed by atoms with E-state index >= 15 is 0 Å². The van der Waals surface area contributed by atoms with Crippen LogP contribution in [0.5, 0.6) is 5.75 Å². The second-order valence-electron chi connectivity index (χ2n) is 5.01. The molecule has 0 radical (unpaired) electrons. The summed E-state index contributed by atoms with van der Waals surface area (Å²) >= 11 is 0. The molecule has 0 saturated carbocycles. The largest absolute Gasteiger partial charge is 0.507 e. The van der Waals surface area contributed by atoms with Gasteiger partial charge >= 0.3 is 6.18 Å². The number of hydrogen-bond donors (Lipinski definition) is 2. The first-order valence-electron chi connectivity index (χ1n) is 6.99. The lowest BCUT2D eigenvalue weighted by atomic mass is 10.1. The molecule has 0 aliphatic carbocycles. The molecule has 0 aliphatic heterocycles. The standard InChI is InChI=1S/C17H12F3N3O/c18-17(19,20)12-8-5-11(6-9-12)7-10-15-21-16(23-22-15)13-3-1-2-4-14(13)24/h1-10,24H,(H,21,22,23)/b10-7+. The van der Waals surface area contributed by atoms with Crippen LogP contribution < -0.4 is 0 Å². The predicted molar refractivity (Wildman–Crippen MR) is 83.9 cm³/mol. The Balaban J connectivity index is 1.77. The third-order valence-corrected chi connectivity index (χ3v) is 3.32. The zero-order valence-corrected chi connectivity index (χ0v) is 12.2. The van der Waals surface area contributed by atoms with Crippen LogP contribution >= 0.6 is 0 Å². The lowest BCUT2D eigenvalue weighted by molar-refractivity contribution is -0.137. The van der Waals surface area contributed by atoms with E-state index in [1.54, 1.807) is 30.4 Å². The summed E-state index contributed by atoms with van der Waals surface area (Å²) < 4.78 is 37.5. The molecule has 2 aromatic carbocycles. The molecule has 3 rings (SSSR count). The van der Waals surface area contributed by atoms with Crippen molar-refractivity contribution in [3.63, 3.8) is 0 Å². The van der Waals surface area contributed by atoms with Gasteiger partial charge in [-0.2, -0.15) is 18.3 Å². The molecule has 24 heavy (non-hydrogen) atoms. The first-order valence-corrected chi connectivity index (χ1v) is 6.99. The van der Waals surface area contributed by atoms with Crippen molar-refractivity contribution in [1.29, 1.82) is 0 Å². The highest BCUT2D eigenvalue weighted by Crippen LogP contribution is 2.29. The lowest BCUT2D eigenvalue weighted by Gasteiger charge is -2.05. The van der Waals surface area contributed by atoms with Crippen LogP contribution in [0.2, 0.25) is 0 Å². The summed E-state index contributed by atoms with van der Waals surface area (Å²) in [4.78, 5) is 4.22. The number of benzene rings is 2. The fourth-order valence-electron chi connectivity index (χ4n) is 2.09. The Hall–Kier alpha value is -3.09. The van der Waals surface area contributed by atoms with Gasteiger partial charge in [0, 0.05) is 0 Å². The minimum Gasteiger partial charge on any atom is -0.507 e. The molecule has 3 aromatic rings. The maximum atomic E-state index is 12.5. The van der Waals surface area contributed by atoms with Crippen molar-refractivity contribution >= 4 is 12.2 Å². The molecule has 0 spiro atoms. The normalized spacial score (nSPS) is 12.0. The third kappa shape index (κ3) is 3.45. The van der Waals surface area contributed by atoms with E-state index in [-0.39, 0.29) is 5.75 Å². The summed E-state index contributed by atoms with van der Waals surface area (Å²) in [5.41, 5.74) is 0.396. The Morgan fingerprint density at radius 3 is 2.33 bits per heavy atom. The van der Waals surface area contributed by atoms with Gasteiger partial charge in [-0.1, -0.05) is 30.3 Å². The number of rotatable bonds is 3. The van der Waals surface area contributed by atoms with Crippen LogP contribution in [0.3, 0.4) is 0 Å². The minimum absolute atomic E-state index is 0.0646. The van der Waals surface area contributed by atoms with Gasteiger partial charge in [0.2, 0.25) is 0 Å². The summed E-state index contributed by atoms with van der Waals surface area (Å²) in [5.74, 6) is 0.822. The van der Waals surface area contributed by atoms with Crippen LogP contribution in [0.1, 0.15) is 17.0 Å². The second kappa shape index (κ2) is 6.19. The molecule has 0 fully saturated rings. The fourth-order valence-corrected chi connectivity index (χ4v) is 2.09. The van der Waals surface area contributed by atoms with E-state index in [1.165, 1.54) is 18.2 Å². The Morgan fingerprint density at radius 1 is 0.958 bits per heavy atom. The Kier molecular flexibility index (Phi) is 4.07. The number of nitrogens with zero attached hydrogens (tertiary/aromatic N) is 2. The number of hydrogen-bond acceptors (Lipinski definition) is 3. The predicted octanol–water partition coefficient (Wildman–Crippen LogP) is 4.37. The van der Waals surface area contributed by atoms with Gasteiger partial charge < -0.3 is 5.11 Å². The summed E-state index contributed by atoms with van der Waals surface area (Å²) in [6.07, 6.45) is -1.13. The zero-order chi connectivity index (χ0) is 17.2. The lowest BCUT2D eigenvalue weighted by Crippen LogP contribution is -2.03. The van der Waals surface area contributed by atoms with E-state index in [1.807, 2.05) is 0 Å². The van der Waals surface area contributed by atoms with Crippen LogP contribution in [0.4, 0.5) is 13.2 Å². The average Bonchev–Trinajstić information content (AvgIpc) is 3.02. The van der Waals surface area contributed by atoms with Crippen LogP contribution in [-0.2, 0) is 6.18 Å². The number of para-hydroxylation sites is 1. The van der Waals surface area contributed by atoms with Gasteiger partial charge in [-0.05, 0) is 35.9 Å². The van der Waals surface area contributed by atoms with Crippen molar-refractivity contribution in [3.8, 4) is 17.1 Å². The van der Waals surface area contributed by atoms with Gasteiger partial charge in [-0.15, -0.1) is 0 Å². The number of aromatic hydroxyl groups is 1. The molecule has 0 amide bonds. The van der Waals surface area contributed by atoms with Crippen molar-refractivity contribution in [3.05, 3.63) is 65.5 Å². The Bertz CT molecular complexity index is 867. The smallest absolute Gasteiger partial charge is 0.416 e. The van der Waals surface area contributed by atoms with Crippen LogP contribution in [-0.4, -0.2) is 20.3 Å². The van der Waals surface area contributed by atoms with Crippen molar-refractivity contribution < 1.29 is 18.3 Å². The molecular formula is C17H12F3N3O. The topological polar surface area (TPSA) is 61.8 Å². The molecule has 122 valence electrons. The first-order chi connectivity index (χ1) is 11.4. The first kappa shape index (κ1) is 15.8. The van der Waals surface area contributed by atoms with Crippen LogP contribution in [0.25, 0.3) is 23.5 Å². The highest BCUT2D eigenvalue weighted by Gasteiger charge is 2.29. The molecule has 1 aromatic heterocycles. The van der Waals surface area contributed by atoms with E-state index in [4.69, 9.17) is 0 Å². The number of phenols is 1. The maximum absolute atomic E-state index is 12.5. The highest BCUT2D eigenvalue weighted by molar-refractivity contribution is 5.69. The number of aromatic amines is 1. The van der Waals surface area contributed by atoms with Crippen molar-refractivity contribution in [1.82, 2.24) is 15.2 Å². The van der Waals surface area contributed by atoms with Crippen molar-refractivity contribution in [2.45, 2.75) is 6.18 Å². The monoisotopic (exact) mass is 331 g/mol. The molecule has 1 heterocycles. The number of nitrogens with one attached hydrogen (secondary N) is 1.